The summed E-state index contributed by atoms with van der Waals surface area (Å²) in [6.45, 7) is 4.55. The van der Waals surface area contributed by atoms with Gasteiger partial charge in [-0.1, -0.05) is 32.0 Å². The van der Waals surface area contributed by atoms with Crippen LogP contribution >= 0.6 is 0 Å². The van der Waals surface area contributed by atoms with Gasteiger partial charge in [0.05, 0.1) is 6.54 Å². The van der Waals surface area contributed by atoms with Crippen LogP contribution in [-0.4, -0.2) is 37.7 Å². The lowest BCUT2D eigenvalue weighted by Crippen LogP contribution is -2.37. The van der Waals surface area contributed by atoms with Crippen LogP contribution in [-0.2, 0) is 25.4 Å². The number of aryl methyl sites for hydroxylation is 1. The third kappa shape index (κ3) is 4.37. The average molecular weight is 430 g/mol. The van der Waals surface area contributed by atoms with E-state index in [-0.39, 0.29) is 29.5 Å². The Balaban J connectivity index is 1.98. The number of halogens is 1. The van der Waals surface area contributed by atoms with Crippen LogP contribution in [0.3, 0.4) is 0 Å². The smallest absolute Gasteiger partial charge is 0.332 e. The molecule has 0 aliphatic rings. The summed E-state index contributed by atoms with van der Waals surface area (Å²) in [5.41, 5.74) is -0.235. The second-order valence-corrected chi connectivity index (χ2v) is 7.52. The molecule has 31 heavy (non-hydrogen) atoms. The fraction of sp³-hybridized carbons (Fsp3) is 0.429. The van der Waals surface area contributed by atoms with E-state index < -0.39 is 17.1 Å². The van der Waals surface area contributed by atoms with Gasteiger partial charge in [-0.05, 0) is 12.5 Å². The van der Waals surface area contributed by atoms with Gasteiger partial charge in [-0.25, -0.2) is 9.18 Å². The van der Waals surface area contributed by atoms with Gasteiger partial charge >= 0.3 is 5.69 Å². The first-order valence-electron chi connectivity index (χ1n) is 10.2. The van der Waals surface area contributed by atoms with Crippen molar-refractivity contribution in [2.75, 3.05) is 18.4 Å². The van der Waals surface area contributed by atoms with Crippen LogP contribution in [0.5, 0.6) is 0 Å². The summed E-state index contributed by atoms with van der Waals surface area (Å²) in [5.74, 6) is -0.212. The van der Waals surface area contributed by atoms with Crippen molar-refractivity contribution in [2.24, 2.45) is 20.0 Å². The topological polar surface area (TPSA) is 103 Å². The minimum absolute atomic E-state index is 0.0413. The van der Waals surface area contributed by atoms with Crippen molar-refractivity contribution in [2.45, 2.75) is 26.8 Å². The summed E-state index contributed by atoms with van der Waals surface area (Å²) in [7, 11) is 2.92. The van der Waals surface area contributed by atoms with Gasteiger partial charge in [-0.15, -0.1) is 0 Å². The molecule has 9 nitrogen and oxygen atoms in total. The molecule has 0 radical (unpaired) electrons. The van der Waals surface area contributed by atoms with Gasteiger partial charge in [0.2, 0.25) is 11.9 Å². The Morgan fingerprint density at radius 2 is 1.87 bits per heavy atom. The third-order valence-corrected chi connectivity index (χ3v) is 5.40. The second kappa shape index (κ2) is 9.15. The molecule has 0 aliphatic carbocycles. The molecule has 166 valence electrons. The molecular weight excluding hydrogens is 403 g/mol. The maximum absolute atomic E-state index is 14.3. The van der Waals surface area contributed by atoms with Gasteiger partial charge in [0.1, 0.15) is 5.82 Å². The van der Waals surface area contributed by atoms with Gasteiger partial charge < -0.3 is 10.6 Å². The van der Waals surface area contributed by atoms with Crippen molar-refractivity contribution in [1.82, 2.24) is 24.0 Å². The molecule has 1 amide bonds. The van der Waals surface area contributed by atoms with Crippen LogP contribution in [0.15, 0.2) is 33.9 Å². The Morgan fingerprint density at radius 3 is 2.55 bits per heavy atom. The van der Waals surface area contributed by atoms with Crippen molar-refractivity contribution in [3.63, 3.8) is 0 Å². The van der Waals surface area contributed by atoms with Crippen LogP contribution in [0.25, 0.3) is 11.2 Å². The monoisotopic (exact) mass is 430 g/mol. The second-order valence-electron chi connectivity index (χ2n) is 7.52. The largest absolute Gasteiger partial charge is 0.354 e. The number of carbonyl (C=O) groups is 1. The molecule has 3 aromatic rings. The molecule has 0 bridgehead atoms. The lowest BCUT2D eigenvalue weighted by Gasteiger charge is -2.13. The average Bonchev–Trinajstić information content (AvgIpc) is 3.12. The zero-order valence-corrected chi connectivity index (χ0v) is 18.1. The number of anilines is 1. The predicted octanol–water partition coefficient (Wildman–Crippen LogP) is 1.20. The zero-order chi connectivity index (χ0) is 22.7. The van der Waals surface area contributed by atoms with Gasteiger partial charge in [0.25, 0.3) is 5.56 Å². The number of carbonyl (C=O) groups excluding carboxylic acids is 1. The molecule has 1 atom stereocenters. The van der Waals surface area contributed by atoms with Gasteiger partial charge in [-0.2, -0.15) is 4.98 Å². The Morgan fingerprint density at radius 1 is 1.16 bits per heavy atom. The molecule has 3 rings (SSSR count). The van der Waals surface area contributed by atoms with E-state index in [2.05, 4.69) is 15.6 Å². The number of amides is 1. The third-order valence-electron chi connectivity index (χ3n) is 5.40. The minimum Gasteiger partial charge on any atom is -0.354 e. The minimum atomic E-state index is -0.514. The van der Waals surface area contributed by atoms with E-state index in [1.54, 1.807) is 22.8 Å². The Labute approximate surface area is 178 Å². The fourth-order valence-electron chi connectivity index (χ4n) is 3.25. The molecule has 1 unspecified atom stereocenters. The molecule has 0 fully saturated rings. The highest BCUT2D eigenvalue weighted by Gasteiger charge is 2.20. The molecule has 0 saturated heterocycles. The summed E-state index contributed by atoms with van der Waals surface area (Å²) in [6, 6.07) is 6.28. The first-order valence-corrected chi connectivity index (χ1v) is 10.2. The van der Waals surface area contributed by atoms with E-state index in [9.17, 15) is 18.8 Å². The molecule has 2 aromatic heterocycles. The van der Waals surface area contributed by atoms with Crippen LogP contribution in [0.1, 0.15) is 25.8 Å². The summed E-state index contributed by atoms with van der Waals surface area (Å²) >= 11 is 0. The first kappa shape index (κ1) is 22.3. The van der Waals surface area contributed by atoms with E-state index >= 15 is 0 Å². The number of fused-ring (bicyclic) bond motifs is 1. The predicted molar refractivity (Wildman–Crippen MR) is 117 cm³/mol. The molecule has 10 heteroatoms. The van der Waals surface area contributed by atoms with Gasteiger partial charge in [-0.3, -0.25) is 23.3 Å². The Bertz CT molecular complexity index is 1230. The van der Waals surface area contributed by atoms with Gasteiger partial charge in [0.15, 0.2) is 11.2 Å². The molecule has 1 aromatic carbocycles. The molecule has 0 saturated carbocycles. The molecule has 0 aliphatic heterocycles. The van der Waals surface area contributed by atoms with Crippen molar-refractivity contribution in [3.8, 4) is 0 Å². The number of rotatable bonds is 8. The number of nitrogens with zero attached hydrogens (tertiary/aromatic N) is 4. The van der Waals surface area contributed by atoms with Crippen LogP contribution in [0, 0.1) is 11.7 Å². The number of aromatic nitrogens is 4. The fourth-order valence-corrected chi connectivity index (χ4v) is 3.25. The molecule has 2 N–H and O–H groups in total. The Kier molecular flexibility index (Phi) is 6.57. The van der Waals surface area contributed by atoms with Crippen molar-refractivity contribution < 1.29 is 9.18 Å². The SMILES string of the molecule is CCC(C)C(=O)NCCNc1nc2c(c(=O)n(C)c(=O)n2C)n1Cc1ccccc1F. The van der Waals surface area contributed by atoms with E-state index in [4.69, 9.17) is 0 Å². The molecule has 0 spiro atoms. The van der Waals surface area contributed by atoms with Gasteiger partial charge in [0, 0.05) is 38.7 Å². The molecular formula is C21H27FN6O3. The summed E-state index contributed by atoms with van der Waals surface area (Å²) in [4.78, 5) is 41.5. The molecule has 2 heterocycles. The Hall–Kier alpha value is -3.43. The number of hydrogen-bond acceptors (Lipinski definition) is 5. The maximum atomic E-state index is 14.3. The lowest BCUT2D eigenvalue weighted by molar-refractivity contribution is -0.124. The number of nitrogens with one attached hydrogen (secondary N) is 2. The van der Waals surface area contributed by atoms with Crippen molar-refractivity contribution in [3.05, 3.63) is 56.5 Å². The summed E-state index contributed by atoms with van der Waals surface area (Å²) < 4.78 is 18.1. The normalized spacial score (nSPS) is 12.2. The van der Waals surface area contributed by atoms with E-state index in [1.165, 1.54) is 24.7 Å². The van der Waals surface area contributed by atoms with Crippen LogP contribution in [0.2, 0.25) is 0 Å². The highest BCUT2D eigenvalue weighted by molar-refractivity contribution is 5.78. The van der Waals surface area contributed by atoms with Crippen LogP contribution < -0.4 is 21.9 Å². The zero-order valence-electron chi connectivity index (χ0n) is 18.1. The number of hydrogen-bond donors (Lipinski definition) is 2. The van der Waals surface area contributed by atoms with E-state index in [0.29, 0.717) is 24.6 Å². The van der Waals surface area contributed by atoms with Crippen LogP contribution in [0.4, 0.5) is 10.3 Å². The highest BCUT2D eigenvalue weighted by Crippen LogP contribution is 2.19. The quantitative estimate of drug-likeness (QED) is 0.523. The van der Waals surface area contributed by atoms with Crippen molar-refractivity contribution >= 4 is 23.0 Å². The standard InChI is InChI=1S/C21H27FN6O3/c1-5-13(2)18(29)23-10-11-24-20-25-17-16(19(30)27(4)21(31)26(17)3)28(20)12-14-8-6-7-9-15(14)22/h6-9,13H,5,10-12H2,1-4H3,(H,23,29)(H,24,25). The van der Waals surface area contributed by atoms with Crippen molar-refractivity contribution in [1.29, 1.82) is 0 Å². The lowest BCUT2D eigenvalue weighted by atomic mass is 10.1. The maximum Gasteiger partial charge on any atom is 0.332 e. The van der Waals surface area contributed by atoms with E-state index in [1.807, 2.05) is 13.8 Å². The summed E-state index contributed by atoms with van der Waals surface area (Å²) in [5, 5.41) is 5.94. The first-order chi connectivity index (χ1) is 14.8. The number of imidazole rings is 1. The highest BCUT2D eigenvalue weighted by atomic mass is 19.1. The van der Waals surface area contributed by atoms with E-state index in [0.717, 1.165) is 11.0 Å². The number of benzene rings is 1. The summed E-state index contributed by atoms with van der Waals surface area (Å²) in [6.07, 6.45) is 0.745.